The Morgan fingerprint density at radius 3 is 2.39 bits per heavy atom. The highest BCUT2D eigenvalue weighted by Crippen LogP contribution is 2.43. The van der Waals surface area contributed by atoms with Gasteiger partial charge in [-0.1, -0.05) is 36.8 Å². The van der Waals surface area contributed by atoms with Crippen LogP contribution in [0.2, 0.25) is 0 Å². The fourth-order valence-corrected chi connectivity index (χ4v) is 3.03. The van der Waals surface area contributed by atoms with Gasteiger partial charge >= 0.3 is 0 Å². The van der Waals surface area contributed by atoms with Crippen molar-refractivity contribution in [3.63, 3.8) is 0 Å². The molecule has 2 aromatic rings. The highest BCUT2D eigenvalue weighted by atomic mass is 16.5. The first-order chi connectivity index (χ1) is 11.2. The van der Waals surface area contributed by atoms with Crippen LogP contribution >= 0.6 is 0 Å². The molecule has 1 aliphatic rings. The summed E-state index contributed by atoms with van der Waals surface area (Å²) >= 11 is 0. The number of aliphatic imine (C=N–C) groups is 1. The van der Waals surface area contributed by atoms with Crippen molar-refractivity contribution in [2.45, 2.75) is 24.7 Å². The van der Waals surface area contributed by atoms with E-state index in [9.17, 15) is 0 Å². The lowest BCUT2D eigenvalue weighted by atomic mass is 9.64. The van der Waals surface area contributed by atoms with Gasteiger partial charge in [-0.25, -0.2) is 0 Å². The zero-order valence-electron chi connectivity index (χ0n) is 13.5. The molecule has 0 aromatic heterocycles. The average Bonchev–Trinajstić information content (AvgIpc) is 2.55. The lowest BCUT2D eigenvalue weighted by Gasteiger charge is -2.41. The Kier molecular flexibility index (Phi) is 4.51. The molecule has 0 atom stereocenters. The first-order valence-corrected chi connectivity index (χ1v) is 7.98. The van der Waals surface area contributed by atoms with Crippen LogP contribution in [0.25, 0.3) is 0 Å². The zero-order valence-corrected chi connectivity index (χ0v) is 13.5. The van der Waals surface area contributed by atoms with Gasteiger partial charge in [0.05, 0.1) is 13.7 Å². The monoisotopic (exact) mass is 309 g/mol. The van der Waals surface area contributed by atoms with Crippen LogP contribution in [0.5, 0.6) is 5.75 Å². The number of anilines is 1. The second-order valence-electron chi connectivity index (χ2n) is 6.05. The van der Waals surface area contributed by atoms with Crippen LogP contribution < -0.4 is 15.8 Å². The number of hydrogen-bond acceptors (Lipinski definition) is 2. The average molecular weight is 309 g/mol. The summed E-state index contributed by atoms with van der Waals surface area (Å²) in [4.78, 5) is 4.58. The van der Waals surface area contributed by atoms with E-state index in [0.29, 0.717) is 5.96 Å². The molecule has 4 nitrogen and oxygen atoms in total. The Labute approximate surface area is 137 Å². The topological polar surface area (TPSA) is 59.6 Å². The van der Waals surface area contributed by atoms with Gasteiger partial charge in [-0.3, -0.25) is 4.99 Å². The number of rotatable bonds is 5. The molecule has 2 aromatic carbocycles. The molecule has 0 aliphatic heterocycles. The van der Waals surface area contributed by atoms with Crippen molar-refractivity contribution in [3.05, 3.63) is 60.2 Å². The number of methoxy groups -OCH3 is 1. The number of nitrogens with one attached hydrogen (secondary N) is 1. The van der Waals surface area contributed by atoms with E-state index in [2.05, 4.69) is 40.6 Å². The smallest absolute Gasteiger partial charge is 0.193 e. The van der Waals surface area contributed by atoms with Crippen molar-refractivity contribution in [1.82, 2.24) is 0 Å². The predicted molar refractivity (Wildman–Crippen MR) is 95.1 cm³/mol. The standard InChI is InChI=1S/C19H23N3O/c1-23-17-10-8-16(9-11-17)22-18(20)21-14-19(12-5-13-19)15-6-3-2-4-7-15/h2-4,6-11H,5,12-14H2,1H3,(H3,20,21,22). The normalized spacial score (nSPS) is 16.5. The van der Waals surface area contributed by atoms with Gasteiger partial charge in [-0.2, -0.15) is 0 Å². The Morgan fingerprint density at radius 2 is 1.83 bits per heavy atom. The van der Waals surface area contributed by atoms with Crippen molar-refractivity contribution < 1.29 is 4.74 Å². The summed E-state index contributed by atoms with van der Waals surface area (Å²) in [6.45, 7) is 0.728. The minimum atomic E-state index is 0.160. The molecule has 23 heavy (non-hydrogen) atoms. The minimum absolute atomic E-state index is 0.160. The largest absolute Gasteiger partial charge is 0.497 e. The van der Waals surface area contributed by atoms with E-state index in [1.807, 2.05) is 24.3 Å². The van der Waals surface area contributed by atoms with Crippen LogP contribution in [0.1, 0.15) is 24.8 Å². The molecular formula is C19H23N3O. The summed E-state index contributed by atoms with van der Waals surface area (Å²) in [6.07, 6.45) is 3.61. The van der Waals surface area contributed by atoms with E-state index in [0.717, 1.165) is 18.0 Å². The van der Waals surface area contributed by atoms with Crippen LogP contribution in [0, 0.1) is 0 Å². The molecule has 1 aliphatic carbocycles. The van der Waals surface area contributed by atoms with Gasteiger partial charge in [0.2, 0.25) is 0 Å². The molecule has 3 rings (SSSR count). The number of guanidine groups is 1. The van der Waals surface area contributed by atoms with E-state index in [4.69, 9.17) is 10.5 Å². The Bertz CT molecular complexity index is 661. The van der Waals surface area contributed by atoms with Crippen molar-refractivity contribution in [2.75, 3.05) is 19.0 Å². The van der Waals surface area contributed by atoms with Crippen LogP contribution in [-0.2, 0) is 5.41 Å². The molecule has 3 N–H and O–H groups in total. The number of ether oxygens (including phenoxy) is 1. The maximum atomic E-state index is 6.05. The Balaban J connectivity index is 1.66. The summed E-state index contributed by atoms with van der Waals surface area (Å²) in [5, 5.41) is 3.14. The Hall–Kier alpha value is -2.49. The first-order valence-electron chi connectivity index (χ1n) is 7.98. The van der Waals surface area contributed by atoms with Gasteiger partial charge in [-0.05, 0) is 42.7 Å². The molecule has 0 bridgehead atoms. The lowest BCUT2D eigenvalue weighted by molar-refractivity contribution is 0.254. The van der Waals surface area contributed by atoms with Crippen LogP contribution in [0.4, 0.5) is 5.69 Å². The molecule has 0 heterocycles. The maximum absolute atomic E-state index is 6.05. The second kappa shape index (κ2) is 6.73. The number of nitrogens with two attached hydrogens (primary N) is 1. The van der Waals surface area contributed by atoms with Crippen LogP contribution in [0.15, 0.2) is 59.6 Å². The van der Waals surface area contributed by atoms with Crippen molar-refractivity contribution in [3.8, 4) is 5.75 Å². The zero-order chi connectivity index (χ0) is 16.1. The Morgan fingerprint density at radius 1 is 1.13 bits per heavy atom. The third kappa shape index (κ3) is 3.47. The molecule has 4 heteroatoms. The van der Waals surface area contributed by atoms with Crippen LogP contribution in [0.3, 0.4) is 0 Å². The summed E-state index contributed by atoms with van der Waals surface area (Å²) < 4.78 is 5.15. The van der Waals surface area contributed by atoms with Gasteiger partial charge in [0.25, 0.3) is 0 Å². The quantitative estimate of drug-likeness (QED) is 0.656. The van der Waals surface area contributed by atoms with Gasteiger partial charge in [0.15, 0.2) is 5.96 Å². The first kappa shape index (κ1) is 15.4. The summed E-state index contributed by atoms with van der Waals surface area (Å²) in [7, 11) is 1.65. The second-order valence-corrected chi connectivity index (χ2v) is 6.05. The summed E-state index contributed by atoms with van der Waals surface area (Å²) in [5.74, 6) is 1.28. The fraction of sp³-hybridized carbons (Fsp3) is 0.316. The SMILES string of the molecule is COc1ccc(NC(N)=NCC2(c3ccccc3)CCC2)cc1. The van der Waals surface area contributed by atoms with E-state index < -0.39 is 0 Å². The number of benzene rings is 2. The number of nitrogens with zero attached hydrogens (tertiary/aromatic N) is 1. The molecule has 1 fully saturated rings. The van der Waals surface area contributed by atoms with Crippen molar-refractivity contribution in [2.24, 2.45) is 10.7 Å². The number of hydrogen-bond donors (Lipinski definition) is 2. The van der Waals surface area contributed by atoms with Gasteiger partial charge < -0.3 is 15.8 Å². The van der Waals surface area contributed by atoms with E-state index in [1.54, 1.807) is 7.11 Å². The van der Waals surface area contributed by atoms with Gasteiger partial charge in [0.1, 0.15) is 5.75 Å². The van der Waals surface area contributed by atoms with Crippen molar-refractivity contribution in [1.29, 1.82) is 0 Å². The maximum Gasteiger partial charge on any atom is 0.193 e. The molecule has 0 saturated heterocycles. The van der Waals surface area contributed by atoms with Crippen molar-refractivity contribution >= 4 is 11.6 Å². The lowest BCUT2D eigenvalue weighted by Crippen LogP contribution is -2.38. The fourth-order valence-electron chi connectivity index (χ4n) is 3.03. The highest BCUT2D eigenvalue weighted by Gasteiger charge is 2.38. The summed E-state index contributed by atoms with van der Waals surface area (Å²) in [5.41, 5.74) is 8.49. The molecule has 1 saturated carbocycles. The third-order valence-corrected chi connectivity index (χ3v) is 4.61. The molecule has 0 radical (unpaired) electrons. The summed E-state index contributed by atoms with van der Waals surface area (Å²) in [6, 6.07) is 18.3. The highest BCUT2D eigenvalue weighted by molar-refractivity contribution is 5.92. The van der Waals surface area contributed by atoms with Gasteiger partial charge in [-0.15, -0.1) is 0 Å². The van der Waals surface area contributed by atoms with Crippen LogP contribution in [-0.4, -0.2) is 19.6 Å². The predicted octanol–water partition coefficient (Wildman–Crippen LogP) is 3.54. The van der Waals surface area contributed by atoms with Gasteiger partial charge in [0, 0.05) is 11.1 Å². The molecule has 120 valence electrons. The molecule has 0 amide bonds. The molecular weight excluding hydrogens is 286 g/mol. The molecule has 0 spiro atoms. The van der Waals surface area contributed by atoms with E-state index in [-0.39, 0.29) is 5.41 Å². The van der Waals surface area contributed by atoms with E-state index in [1.165, 1.54) is 24.8 Å². The molecule has 0 unspecified atom stereocenters. The third-order valence-electron chi connectivity index (χ3n) is 4.61. The van der Waals surface area contributed by atoms with E-state index >= 15 is 0 Å². The minimum Gasteiger partial charge on any atom is -0.497 e.